The second kappa shape index (κ2) is 43.4. The average molecular weight is 870 g/mol. The first-order valence-corrected chi connectivity index (χ1v) is 25.5. The van der Waals surface area contributed by atoms with E-state index >= 15 is 0 Å². The summed E-state index contributed by atoms with van der Waals surface area (Å²) in [6, 6.07) is -1.53. The summed E-state index contributed by atoms with van der Waals surface area (Å²) in [5.74, 6) is -2.41. The maximum Gasteiger partial charge on any atom is 0.472 e. The van der Waals surface area contributed by atoms with Gasteiger partial charge in [-0.15, -0.1) is 0 Å². The van der Waals surface area contributed by atoms with Crippen LogP contribution >= 0.6 is 7.82 Å². The molecule has 60 heavy (non-hydrogen) atoms. The summed E-state index contributed by atoms with van der Waals surface area (Å²) in [5, 5.41) is 8.90. The monoisotopic (exact) mass is 870 g/mol. The molecule has 4 N–H and O–H groups in total. The zero-order valence-corrected chi connectivity index (χ0v) is 38.9. The minimum atomic E-state index is -4.72. The molecule has 0 aromatic heterocycles. The highest BCUT2D eigenvalue weighted by molar-refractivity contribution is 7.47. The third kappa shape index (κ3) is 42.4. The molecule has 0 aromatic carbocycles. The summed E-state index contributed by atoms with van der Waals surface area (Å²) in [4.78, 5) is 46.0. The Morgan fingerprint density at radius 1 is 0.533 bits per heavy atom. The van der Waals surface area contributed by atoms with E-state index < -0.39 is 51.1 Å². The molecule has 0 saturated heterocycles. The molecule has 0 rings (SSSR count). The number of carbonyl (C=O) groups excluding carboxylic acids is 2. The molecule has 3 unspecified atom stereocenters. The Bertz CT molecular complexity index is 1160. The van der Waals surface area contributed by atoms with E-state index in [1.165, 1.54) is 122 Å². The molecule has 350 valence electrons. The maximum absolute atomic E-state index is 12.6. The lowest BCUT2D eigenvalue weighted by molar-refractivity contribution is -0.161. The number of ether oxygens (including phenoxy) is 2. The summed E-state index contributed by atoms with van der Waals surface area (Å²) < 4.78 is 32.7. The number of carboxylic acids is 1. The van der Waals surface area contributed by atoms with Crippen molar-refractivity contribution in [1.29, 1.82) is 0 Å². The number of phosphoric ester groups is 1. The summed E-state index contributed by atoms with van der Waals surface area (Å²) in [6.45, 7) is 2.68. The fraction of sp³-hybridized carbons (Fsp3) is 0.812. The third-order valence-corrected chi connectivity index (χ3v) is 11.4. The molecular formula is C48H88NO10P. The van der Waals surface area contributed by atoms with Crippen LogP contribution in [0.5, 0.6) is 0 Å². The van der Waals surface area contributed by atoms with Crippen LogP contribution in [-0.4, -0.2) is 59.9 Å². The lowest BCUT2D eigenvalue weighted by Crippen LogP contribution is -2.34. The van der Waals surface area contributed by atoms with Gasteiger partial charge in [0.15, 0.2) is 6.10 Å². The largest absolute Gasteiger partial charge is 0.480 e. The standard InChI is InChI=1S/C48H88NO10P/c1-3-5-7-9-11-13-15-17-18-19-20-21-22-23-24-25-26-28-29-31-33-35-37-39-46(50)56-41-44(42-57-60(54,55)58-43-45(49)48(52)53)59-47(51)40-38-36-34-32-30-27-16-14-12-10-8-6-4-2/h6,8,12,14,27,30,44-45H,3-5,7,9-11,13,15-26,28-29,31-43,49H2,1-2H3,(H,52,53)(H,54,55)/b8-6-,14-12-,30-27-. The van der Waals surface area contributed by atoms with Crippen LogP contribution < -0.4 is 5.73 Å². The average Bonchev–Trinajstić information content (AvgIpc) is 3.22. The fourth-order valence-electron chi connectivity index (χ4n) is 6.67. The highest BCUT2D eigenvalue weighted by Gasteiger charge is 2.28. The van der Waals surface area contributed by atoms with E-state index in [9.17, 15) is 23.8 Å². The SMILES string of the molecule is CC/C=C\C/C=C\C/C=C\CCCCCC(=O)OC(COC(=O)CCCCCCCCCCCCCCCCCCCCCCCCC)COP(=O)(O)OCC(N)C(=O)O. The van der Waals surface area contributed by atoms with Crippen molar-refractivity contribution in [2.24, 2.45) is 5.73 Å². The molecule has 12 heteroatoms. The van der Waals surface area contributed by atoms with Gasteiger partial charge in [0.2, 0.25) is 0 Å². The lowest BCUT2D eigenvalue weighted by atomic mass is 10.0. The van der Waals surface area contributed by atoms with Crippen molar-refractivity contribution in [3.05, 3.63) is 36.5 Å². The first kappa shape index (κ1) is 57.7. The van der Waals surface area contributed by atoms with E-state index in [0.717, 1.165) is 57.8 Å². The number of nitrogens with two attached hydrogens (primary N) is 1. The topological polar surface area (TPSA) is 172 Å². The quantitative estimate of drug-likeness (QED) is 0.0230. The Hall–Kier alpha value is -2.30. The first-order valence-electron chi connectivity index (χ1n) is 24.0. The summed E-state index contributed by atoms with van der Waals surface area (Å²) >= 11 is 0. The molecule has 0 spiro atoms. The van der Waals surface area contributed by atoms with Crippen LogP contribution in [0.2, 0.25) is 0 Å². The molecule has 0 heterocycles. The number of hydrogen-bond acceptors (Lipinski definition) is 9. The van der Waals surface area contributed by atoms with Gasteiger partial charge in [0.1, 0.15) is 12.6 Å². The summed E-state index contributed by atoms with van der Waals surface area (Å²) in [5.41, 5.74) is 5.34. The van der Waals surface area contributed by atoms with Gasteiger partial charge in [0, 0.05) is 12.8 Å². The number of allylic oxidation sites excluding steroid dienone is 6. The molecule has 0 amide bonds. The van der Waals surface area contributed by atoms with E-state index in [1.807, 2.05) is 0 Å². The Balaban J connectivity index is 4.20. The van der Waals surface area contributed by atoms with Crippen LogP contribution in [0.1, 0.15) is 219 Å². The summed E-state index contributed by atoms with van der Waals surface area (Å²) in [6.07, 6.45) is 48.0. The lowest BCUT2D eigenvalue weighted by Gasteiger charge is -2.20. The van der Waals surface area contributed by atoms with Crippen LogP contribution in [0.25, 0.3) is 0 Å². The van der Waals surface area contributed by atoms with Crippen molar-refractivity contribution in [2.45, 2.75) is 231 Å². The molecule has 0 radical (unpaired) electrons. The zero-order chi connectivity index (χ0) is 44.2. The maximum atomic E-state index is 12.6. The van der Waals surface area contributed by atoms with E-state index in [1.54, 1.807) is 0 Å². The van der Waals surface area contributed by atoms with Gasteiger partial charge in [-0.2, -0.15) is 0 Å². The molecule has 0 fully saturated rings. The van der Waals surface area contributed by atoms with Crippen LogP contribution in [0.4, 0.5) is 0 Å². The predicted octanol–water partition coefficient (Wildman–Crippen LogP) is 13.2. The van der Waals surface area contributed by atoms with Crippen molar-refractivity contribution in [2.75, 3.05) is 19.8 Å². The molecule has 0 saturated carbocycles. The Kier molecular flexibility index (Phi) is 41.7. The number of unbranched alkanes of at least 4 members (excludes halogenated alkanes) is 25. The van der Waals surface area contributed by atoms with Crippen LogP contribution in [0.3, 0.4) is 0 Å². The summed E-state index contributed by atoms with van der Waals surface area (Å²) in [7, 11) is -4.72. The second-order valence-electron chi connectivity index (χ2n) is 16.2. The molecule has 0 bridgehead atoms. The highest BCUT2D eigenvalue weighted by Crippen LogP contribution is 2.43. The van der Waals surface area contributed by atoms with Gasteiger partial charge >= 0.3 is 25.7 Å². The smallest absolute Gasteiger partial charge is 0.472 e. The van der Waals surface area contributed by atoms with E-state index in [4.69, 9.17) is 24.8 Å². The highest BCUT2D eigenvalue weighted by atomic mass is 31.2. The van der Waals surface area contributed by atoms with Crippen LogP contribution in [-0.2, 0) is 37.5 Å². The van der Waals surface area contributed by atoms with Gasteiger partial charge < -0.3 is 25.2 Å². The van der Waals surface area contributed by atoms with Crippen molar-refractivity contribution < 1.29 is 47.5 Å². The molecule has 0 aliphatic heterocycles. The number of esters is 2. The van der Waals surface area contributed by atoms with Gasteiger partial charge in [0.25, 0.3) is 0 Å². The molecule has 0 aliphatic rings. The van der Waals surface area contributed by atoms with Crippen molar-refractivity contribution in [3.8, 4) is 0 Å². The number of rotatable bonds is 45. The number of carboxylic acid groups (broad SMARTS) is 1. The van der Waals surface area contributed by atoms with Gasteiger partial charge in [-0.1, -0.05) is 198 Å². The van der Waals surface area contributed by atoms with Crippen LogP contribution in [0.15, 0.2) is 36.5 Å². The van der Waals surface area contributed by atoms with Gasteiger partial charge in [-0.3, -0.25) is 23.4 Å². The van der Waals surface area contributed by atoms with E-state index in [-0.39, 0.29) is 19.4 Å². The first-order chi connectivity index (χ1) is 29.1. The minimum absolute atomic E-state index is 0.127. The Labute approximate surface area is 365 Å². The minimum Gasteiger partial charge on any atom is -0.480 e. The molecule has 11 nitrogen and oxygen atoms in total. The van der Waals surface area contributed by atoms with E-state index in [0.29, 0.717) is 12.8 Å². The second-order valence-corrected chi connectivity index (χ2v) is 17.7. The van der Waals surface area contributed by atoms with Gasteiger partial charge in [0.05, 0.1) is 13.2 Å². The van der Waals surface area contributed by atoms with Crippen molar-refractivity contribution in [1.82, 2.24) is 0 Å². The third-order valence-electron chi connectivity index (χ3n) is 10.4. The number of phosphoric acid groups is 1. The molecule has 0 aliphatic carbocycles. The molecule has 3 atom stereocenters. The van der Waals surface area contributed by atoms with Crippen molar-refractivity contribution >= 4 is 25.7 Å². The Morgan fingerprint density at radius 3 is 1.40 bits per heavy atom. The fourth-order valence-corrected chi connectivity index (χ4v) is 7.45. The van der Waals surface area contributed by atoms with Gasteiger partial charge in [-0.25, -0.2) is 4.57 Å². The van der Waals surface area contributed by atoms with Gasteiger partial charge in [-0.05, 0) is 44.9 Å². The van der Waals surface area contributed by atoms with E-state index in [2.05, 4.69) is 54.8 Å². The zero-order valence-electron chi connectivity index (χ0n) is 38.1. The van der Waals surface area contributed by atoms with Crippen molar-refractivity contribution in [3.63, 3.8) is 0 Å². The predicted molar refractivity (Wildman–Crippen MR) is 245 cm³/mol. The molecular weight excluding hydrogens is 781 g/mol. The molecule has 0 aromatic rings. The number of aliphatic carboxylic acids is 1. The normalized spacial score (nSPS) is 13.9. The van der Waals surface area contributed by atoms with Crippen LogP contribution in [0, 0.1) is 0 Å². The number of carbonyl (C=O) groups is 3. The number of hydrogen-bond donors (Lipinski definition) is 3. The Morgan fingerprint density at radius 2 is 0.933 bits per heavy atom.